The minimum atomic E-state index is 0.0615. The fourth-order valence-electron chi connectivity index (χ4n) is 1.62. The number of benzene rings is 1. The van der Waals surface area contributed by atoms with Crippen molar-refractivity contribution in [2.24, 2.45) is 0 Å². The fraction of sp³-hybridized carbons (Fsp3) is 0.300. The maximum Gasteiger partial charge on any atom is 0.224 e. The van der Waals surface area contributed by atoms with Crippen LogP contribution in [0.4, 0.5) is 5.69 Å². The molecule has 0 saturated heterocycles. The molecule has 74 valence electrons. The number of carbonyl (C=O) groups excluding carboxylic acids is 1. The first-order valence-electron chi connectivity index (χ1n) is 4.37. The van der Waals surface area contributed by atoms with Gasteiger partial charge in [0, 0.05) is 16.5 Å². The molecule has 0 unspecified atom stereocenters. The van der Waals surface area contributed by atoms with Crippen LogP contribution >= 0.6 is 15.9 Å². The van der Waals surface area contributed by atoms with Crippen LogP contribution in [0.3, 0.4) is 0 Å². The largest absolute Gasteiger partial charge is 0.496 e. The Bertz CT molecular complexity index is 390. The number of anilines is 1. The standard InChI is InChI=1S/C10H10BrNO2/c1-14-8-4-3-7(11)10-6(8)2-5-9(13)12-10/h3-4H,2,5H2,1H3,(H,12,13). The van der Waals surface area contributed by atoms with Crippen molar-refractivity contribution in [3.05, 3.63) is 22.2 Å². The minimum absolute atomic E-state index is 0.0615. The Morgan fingerprint density at radius 2 is 2.21 bits per heavy atom. The van der Waals surface area contributed by atoms with E-state index >= 15 is 0 Å². The Hall–Kier alpha value is -1.03. The molecule has 0 fully saturated rings. The van der Waals surface area contributed by atoms with Crippen LogP contribution in [0.25, 0.3) is 0 Å². The van der Waals surface area contributed by atoms with Crippen LogP contribution in [0.2, 0.25) is 0 Å². The molecule has 0 spiro atoms. The van der Waals surface area contributed by atoms with Crippen LogP contribution in [-0.4, -0.2) is 13.0 Å². The zero-order valence-electron chi connectivity index (χ0n) is 7.76. The van der Waals surface area contributed by atoms with Gasteiger partial charge in [0.25, 0.3) is 0 Å². The Kier molecular flexibility index (Phi) is 2.46. The van der Waals surface area contributed by atoms with Gasteiger partial charge in [-0.3, -0.25) is 4.79 Å². The number of hydrogen-bond acceptors (Lipinski definition) is 2. The highest BCUT2D eigenvalue weighted by Gasteiger charge is 2.20. The van der Waals surface area contributed by atoms with Crippen molar-refractivity contribution in [3.8, 4) is 5.75 Å². The number of halogens is 1. The van der Waals surface area contributed by atoms with Gasteiger partial charge in [-0.25, -0.2) is 0 Å². The van der Waals surface area contributed by atoms with Crippen molar-refractivity contribution in [1.29, 1.82) is 0 Å². The number of fused-ring (bicyclic) bond motifs is 1. The summed E-state index contributed by atoms with van der Waals surface area (Å²) in [5.41, 5.74) is 1.92. The highest BCUT2D eigenvalue weighted by atomic mass is 79.9. The van der Waals surface area contributed by atoms with Gasteiger partial charge in [0.2, 0.25) is 5.91 Å². The molecule has 0 aliphatic carbocycles. The van der Waals surface area contributed by atoms with Crippen LogP contribution in [0.15, 0.2) is 16.6 Å². The van der Waals surface area contributed by atoms with E-state index in [1.54, 1.807) is 7.11 Å². The molecule has 1 aliphatic heterocycles. The summed E-state index contributed by atoms with van der Waals surface area (Å²) in [6, 6.07) is 3.78. The first kappa shape index (κ1) is 9.52. The van der Waals surface area contributed by atoms with E-state index in [0.29, 0.717) is 6.42 Å². The van der Waals surface area contributed by atoms with Crippen LogP contribution in [-0.2, 0) is 11.2 Å². The van der Waals surface area contributed by atoms with E-state index in [2.05, 4.69) is 21.2 Å². The lowest BCUT2D eigenvalue weighted by Crippen LogP contribution is -2.19. The Labute approximate surface area is 90.6 Å². The Morgan fingerprint density at radius 1 is 1.43 bits per heavy atom. The molecule has 0 atom stereocenters. The highest BCUT2D eigenvalue weighted by Crippen LogP contribution is 2.36. The lowest BCUT2D eigenvalue weighted by atomic mass is 10.0. The van der Waals surface area contributed by atoms with Gasteiger partial charge < -0.3 is 10.1 Å². The van der Waals surface area contributed by atoms with Crippen LogP contribution in [0.5, 0.6) is 5.75 Å². The van der Waals surface area contributed by atoms with Crippen molar-refractivity contribution in [2.75, 3.05) is 12.4 Å². The maximum absolute atomic E-state index is 11.2. The summed E-state index contributed by atoms with van der Waals surface area (Å²) in [4.78, 5) is 11.2. The molecular formula is C10H10BrNO2. The second-order valence-electron chi connectivity index (χ2n) is 3.15. The predicted molar refractivity (Wildman–Crippen MR) is 57.6 cm³/mol. The van der Waals surface area contributed by atoms with Gasteiger partial charge >= 0.3 is 0 Å². The average molecular weight is 256 g/mol. The highest BCUT2D eigenvalue weighted by molar-refractivity contribution is 9.10. The van der Waals surface area contributed by atoms with Gasteiger partial charge in [-0.2, -0.15) is 0 Å². The van der Waals surface area contributed by atoms with Crippen LogP contribution in [0, 0.1) is 0 Å². The first-order chi connectivity index (χ1) is 6.72. The maximum atomic E-state index is 11.2. The summed E-state index contributed by atoms with van der Waals surface area (Å²) in [6.07, 6.45) is 1.27. The predicted octanol–water partition coefficient (Wildman–Crippen LogP) is 2.34. The zero-order valence-corrected chi connectivity index (χ0v) is 9.35. The van der Waals surface area contributed by atoms with E-state index in [4.69, 9.17) is 4.74 Å². The normalized spacial score (nSPS) is 14.6. The lowest BCUT2D eigenvalue weighted by molar-refractivity contribution is -0.116. The minimum Gasteiger partial charge on any atom is -0.496 e. The van der Waals surface area contributed by atoms with Gasteiger partial charge in [-0.1, -0.05) is 0 Å². The second-order valence-corrected chi connectivity index (χ2v) is 4.01. The number of carbonyl (C=O) groups is 1. The SMILES string of the molecule is COc1ccc(Br)c2c1CCC(=O)N2. The molecule has 1 heterocycles. The van der Waals surface area contributed by atoms with Gasteiger partial charge in [0.05, 0.1) is 12.8 Å². The van der Waals surface area contributed by atoms with E-state index in [9.17, 15) is 4.79 Å². The monoisotopic (exact) mass is 255 g/mol. The van der Waals surface area contributed by atoms with Gasteiger partial charge in [-0.05, 0) is 34.5 Å². The molecule has 0 radical (unpaired) electrons. The molecule has 3 nitrogen and oxygen atoms in total. The van der Waals surface area contributed by atoms with Gasteiger partial charge in [-0.15, -0.1) is 0 Å². The average Bonchev–Trinajstić information content (AvgIpc) is 2.19. The molecule has 1 aromatic carbocycles. The molecule has 1 amide bonds. The molecule has 0 saturated carbocycles. The molecule has 14 heavy (non-hydrogen) atoms. The van der Waals surface area contributed by atoms with Crippen LogP contribution < -0.4 is 10.1 Å². The van der Waals surface area contributed by atoms with Crippen molar-refractivity contribution in [2.45, 2.75) is 12.8 Å². The van der Waals surface area contributed by atoms with E-state index in [-0.39, 0.29) is 5.91 Å². The van der Waals surface area contributed by atoms with Crippen molar-refractivity contribution in [3.63, 3.8) is 0 Å². The number of ether oxygens (including phenoxy) is 1. The second kappa shape index (κ2) is 3.61. The zero-order chi connectivity index (χ0) is 10.1. The summed E-state index contributed by atoms with van der Waals surface area (Å²) in [6.45, 7) is 0. The fourth-order valence-corrected chi connectivity index (χ4v) is 2.09. The van der Waals surface area contributed by atoms with E-state index in [1.807, 2.05) is 12.1 Å². The molecule has 1 aliphatic rings. The number of amides is 1. The van der Waals surface area contributed by atoms with E-state index in [0.717, 1.165) is 27.9 Å². The molecule has 0 aromatic heterocycles. The topological polar surface area (TPSA) is 38.3 Å². The summed E-state index contributed by atoms with van der Waals surface area (Å²) in [7, 11) is 1.64. The summed E-state index contributed by atoms with van der Waals surface area (Å²) >= 11 is 3.40. The number of rotatable bonds is 1. The number of nitrogens with one attached hydrogen (secondary N) is 1. The summed E-state index contributed by atoms with van der Waals surface area (Å²) in [5, 5.41) is 2.84. The Balaban J connectivity index is 2.54. The molecular weight excluding hydrogens is 246 g/mol. The summed E-state index contributed by atoms with van der Waals surface area (Å²) < 4.78 is 6.13. The molecule has 4 heteroatoms. The van der Waals surface area contributed by atoms with Crippen molar-refractivity contribution >= 4 is 27.5 Å². The molecule has 1 N–H and O–H groups in total. The van der Waals surface area contributed by atoms with Crippen molar-refractivity contribution in [1.82, 2.24) is 0 Å². The molecule has 0 bridgehead atoms. The first-order valence-corrected chi connectivity index (χ1v) is 5.17. The molecule has 1 aromatic rings. The van der Waals surface area contributed by atoms with Crippen molar-refractivity contribution < 1.29 is 9.53 Å². The smallest absolute Gasteiger partial charge is 0.224 e. The quantitative estimate of drug-likeness (QED) is 0.837. The third-order valence-electron chi connectivity index (χ3n) is 2.31. The van der Waals surface area contributed by atoms with E-state index < -0.39 is 0 Å². The lowest BCUT2D eigenvalue weighted by Gasteiger charge is -2.20. The van der Waals surface area contributed by atoms with Gasteiger partial charge in [0.15, 0.2) is 0 Å². The summed E-state index contributed by atoms with van der Waals surface area (Å²) in [5.74, 6) is 0.898. The third kappa shape index (κ3) is 1.50. The third-order valence-corrected chi connectivity index (χ3v) is 2.97. The number of hydrogen-bond donors (Lipinski definition) is 1. The number of methoxy groups -OCH3 is 1. The van der Waals surface area contributed by atoms with E-state index in [1.165, 1.54) is 0 Å². The Morgan fingerprint density at radius 3 is 2.93 bits per heavy atom. The van der Waals surface area contributed by atoms with Crippen LogP contribution in [0.1, 0.15) is 12.0 Å². The van der Waals surface area contributed by atoms with Gasteiger partial charge in [0.1, 0.15) is 5.75 Å². The molecule has 2 rings (SSSR count).